The molecule has 0 atom stereocenters. The standard InChI is InChI=1S/C17H16F2OS.C12H16O4S.C11H14O2.C11H12O2.C10H10F2OS.C10H8F2OS.C6H4F2S.2C2H2.CH3ClO2S.CH4.Al.B2.3ClH.F2/c18-13-6-7-16(19)17(8-13)21-15-9-14(10-15)20-11-12-4-2-1-3-5-12;1-17(13,14)16-12-7-11(8-12)15-9-10-5-3-2-4-6-10;2*12-10-6-11(7-10)13-8-9-4-2-1-3-5-9;2*11-6-1-2-9(12)10(3-6)14-8-4-7(13)5-8;7-4-1-2-5(8)6(9)3-4;2*1-2;1-5(2,3)4;;;1-2;;;;1-2/h1-8,14-15H,9-11H2;2-6,11-12H,7-9H2,1H3;1-5,10-12H,6-8H2;1-5,11H,6-8H2;1-3,7-8,13H,4-5H2;1-3,8H,4-5H2;1-3,9H;2*1-2H;1H3;1H4;;;3*1H;/q;;;;;;;;;;;+3;;;;;/p-3. The summed E-state index contributed by atoms with van der Waals surface area (Å²) in [7, 11) is 20.8. The highest BCUT2D eigenvalue weighted by Crippen LogP contribution is 2.41. The van der Waals surface area contributed by atoms with E-state index in [2.05, 4.69) is 76.6 Å². The van der Waals surface area contributed by atoms with Crippen LogP contribution in [0.3, 0.4) is 0 Å². The van der Waals surface area contributed by atoms with Crippen LogP contribution in [0.1, 0.15) is 107 Å². The Morgan fingerprint density at radius 2 is 0.681 bits per heavy atom. The van der Waals surface area contributed by atoms with Crippen molar-refractivity contribution in [2.75, 3.05) is 12.5 Å². The number of rotatable bonds is 20. The van der Waals surface area contributed by atoms with Gasteiger partial charge in [-0.3, -0.25) is 13.8 Å². The molecule has 8 aromatic carbocycles. The zero-order valence-electron chi connectivity index (χ0n) is 63.8. The number of hydrogen-bond donors (Lipinski definition) is 3. The fourth-order valence-electron chi connectivity index (χ4n) is 10.0. The molecule has 0 saturated heterocycles. The number of terminal acetylenes is 2. The largest absolute Gasteiger partial charge is 0.643 e. The van der Waals surface area contributed by atoms with Crippen molar-refractivity contribution in [3.05, 3.63) is 263 Å². The van der Waals surface area contributed by atoms with Gasteiger partial charge >= 0.3 is 11.4 Å². The van der Waals surface area contributed by atoms with E-state index in [1.165, 1.54) is 70.7 Å². The SMILES string of the molecule is C.C#C.C#C.CS(=O)(=O)Cl.CS(=O)(=O)OC1CC(OCc2ccccc2)C1.FF.Fc1ccc(F)c(S)c1.Fc1ccc(F)c(SC2CC(OCc3ccccc3)C2)c1.O=C1CC(OCc2ccccc2)C1.O=C1CC(Sc2cc(F)ccc2F)C1.OC1CC(OCc2ccccc2)C1.OC1CC(Sc2cc(F)ccc2F)C1.[B][B].[Cl][Al]([Cl])[Cl]. The first kappa shape index (κ1) is 111. The topological polar surface area (TPSA) is 189 Å². The third-order valence-electron chi connectivity index (χ3n) is 16.2. The van der Waals surface area contributed by atoms with Crippen molar-refractivity contribution in [2.45, 2.75) is 189 Å². The van der Waals surface area contributed by atoms with Crippen LogP contribution < -0.4 is 0 Å². The van der Waals surface area contributed by atoms with Crippen LogP contribution in [0.4, 0.5) is 44.3 Å². The molecule has 4 radical (unpaired) electrons. The van der Waals surface area contributed by atoms with E-state index in [4.69, 9.17) is 72.6 Å². The zero-order valence-corrected chi connectivity index (χ0v) is 72.9. The number of thioether (sulfide) groups is 3. The van der Waals surface area contributed by atoms with E-state index < -0.39 is 71.3 Å². The zero-order chi connectivity index (χ0) is 88.3. The molecule has 0 amide bonds. The average Bonchev–Trinajstić information content (AvgIpc) is 0.854. The predicted octanol–water partition coefficient (Wildman–Crippen LogP) is 20.9. The van der Waals surface area contributed by atoms with E-state index in [1.54, 1.807) is 0 Å². The molecule has 6 fully saturated rings. The molecular formula is C83H91AlB2Cl4F10O13S6. The molecule has 6 aliphatic rings. The predicted molar refractivity (Wildman–Crippen MR) is 463 cm³/mol. The highest BCUT2D eigenvalue weighted by atomic mass is 35.8. The molecule has 0 aliphatic heterocycles. The Kier molecular flexibility index (Phi) is 58.5. The summed E-state index contributed by atoms with van der Waals surface area (Å²) in [4.78, 5) is 22.4. The molecule has 0 aromatic heterocycles. The number of hydrogen-bond acceptors (Lipinski definition) is 17. The maximum Gasteiger partial charge on any atom is 0.643 e. The van der Waals surface area contributed by atoms with Gasteiger partial charge in [-0.05, 0) is 134 Å². The Bertz CT molecular complexity index is 4400. The third kappa shape index (κ3) is 51.3. The van der Waals surface area contributed by atoms with Gasteiger partial charge in [-0.15, -0.1) is 73.6 Å². The fraction of sp³-hybridized carbons (Fsp3) is 0.349. The fourth-order valence-corrected chi connectivity index (χ4v) is 14.8. The first-order valence-corrected chi connectivity index (χ1v) is 48.4. The summed E-state index contributed by atoms with van der Waals surface area (Å²) in [5.74, 6) is -2.88. The first-order valence-electron chi connectivity index (χ1n) is 35.5. The lowest BCUT2D eigenvalue weighted by Gasteiger charge is -2.34. The molecule has 2 N–H and O–H groups in total. The molecule has 6 saturated carbocycles. The molecule has 8 aromatic rings. The van der Waals surface area contributed by atoms with Crippen LogP contribution in [0.5, 0.6) is 0 Å². The third-order valence-corrected chi connectivity index (χ3v) is 20.9. The minimum atomic E-state index is -3.33. The Morgan fingerprint density at radius 1 is 0.420 bits per heavy atom. The molecule has 119 heavy (non-hydrogen) atoms. The Balaban J connectivity index is 0.000000677. The van der Waals surface area contributed by atoms with Crippen LogP contribution in [-0.4, -0.2) is 136 Å². The van der Waals surface area contributed by atoms with Gasteiger partial charge in [0.1, 0.15) is 58.1 Å². The van der Waals surface area contributed by atoms with Crippen LogP contribution in [-0.2, 0) is 78.3 Å². The van der Waals surface area contributed by atoms with Crippen LogP contribution in [0.15, 0.2) is 214 Å². The van der Waals surface area contributed by atoms with E-state index in [0.29, 0.717) is 104 Å². The van der Waals surface area contributed by atoms with Crippen LogP contribution in [0.25, 0.3) is 0 Å². The molecule has 14 rings (SSSR count). The molecule has 0 unspecified atom stereocenters. The summed E-state index contributed by atoms with van der Waals surface area (Å²) >= 11 is 5.87. The molecule has 13 nitrogen and oxygen atoms in total. The molecule has 0 spiro atoms. The van der Waals surface area contributed by atoms with Crippen molar-refractivity contribution in [2.24, 2.45) is 0 Å². The first-order chi connectivity index (χ1) is 56.1. The lowest BCUT2D eigenvalue weighted by molar-refractivity contribution is -0.135. The summed E-state index contributed by atoms with van der Waals surface area (Å²) in [5.41, 5.74) is 4.65. The van der Waals surface area contributed by atoms with Crippen LogP contribution >= 0.6 is 88.7 Å². The van der Waals surface area contributed by atoms with Crippen molar-refractivity contribution in [3.63, 3.8) is 0 Å². The van der Waals surface area contributed by atoms with Crippen molar-refractivity contribution >= 4 is 146 Å². The van der Waals surface area contributed by atoms with E-state index in [0.717, 1.165) is 97.9 Å². The summed E-state index contributed by atoms with van der Waals surface area (Å²) in [6.07, 6.45) is 26.3. The Hall–Kier alpha value is -5.64. The van der Waals surface area contributed by atoms with E-state index in [9.17, 15) is 61.5 Å². The Morgan fingerprint density at radius 3 is 0.958 bits per heavy atom. The van der Waals surface area contributed by atoms with Gasteiger partial charge in [-0.25, -0.2) is 73.7 Å². The highest BCUT2D eigenvalue weighted by molar-refractivity contribution is 8.13. The highest BCUT2D eigenvalue weighted by Gasteiger charge is 2.35. The summed E-state index contributed by atoms with van der Waals surface area (Å²) in [6.45, 7) is 2.46. The van der Waals surface area contributed by atoms with Crippen molar-refractivity contribution in [1.29, 1.82) is 0 Å². The van der Waals surface area contributed by atoms with Crippen molar-refractivity contribution in [3.8, 4) is 25.7 Å². The lowest BCUT2D eigenvalue weighted by atomic mass is 9.81. The van der Waals surface area contributed by atoms with Gasteiger partial charge in [0.05, 0.1) is 81.7 Å². The van der Waals surface area contributed by atoms with Crippen LogP contribution in [0.2, 0.25) is 0 Å². The molecular weight excluding hydrogens is 1780 g/mol. The molecule has 644 valence electrons. The van der Waals surface area contributed by atoms with Gasteiger partial charge in [0.2, 0.25) is 9.05 Å². The van der Waals surface area contributed by atoms with Gasteiger partial charge in [0.25, 0.3) is 10.1 Å². The number of benzene rings is 8. The van der Waals surface area contributed by atoms with E-state index in [1.807, 2.05) is 109 Å². The van der Waals surface area contributed by atoms with Gasteiger partial charge < -0.3 is 29.2 Å². The number of aliphatic hydroxyl groups is 2. The number of ether oxygens (including phenoxy) is 4. The molecule has 6 aliphatic carbocycles. The van der Waals surface area contributed by atoms with Gasteiger partial charge in [0.15, 0.2) is 0 Å². The second kappa shape index (κ2) is 62.5. The summed E-state index contributed by atoms with van der Waals surface area (Å²) < 4.78 is 187. The van der Waals surface area contributed by atoms with E-state index in [-0.39, 0.29) is 77.2 Å². The Labute approximate surface area is 734 Å². The van der Waals surface area contributed by atoms with Crippen LogP contribution in [0, 0.1) is 72.2 Å². The number of carbonyl (C=O) groups is 2. The summed E-state index contributed by atoms with van der Waals surface area (Å²) in [6, 6.07) is 53.6. The average molecular weight is 1870 g/mol. The minimum Gasteiger partial charge on any atom is -0.393 e. The van der Waals surface area contributed by atoms with Gasteiger partial charge in [-0.2, -0.15) is 8.42 Å². The number of ketones is 2. The summed E-state index contributed by atoms with van der Waals surface area (Å²) in [5, 5.41) is 18.7. The molecule has 36 heteroatoms. The monoisotopic (exact) mass is 1870 g/mol. The normalized spacial score (nSPS) is 18.6. The second-order valence-electron chi connectivity index (χ2n) is 25.7. The van der Waals surface area contributed by atoms with Gasteiger partial charge in [0, 0.05) is 109 Å². The van der Waals surface area contributed by atoms with Crippen molar-refractivity contribution in [1.82, 2.24) is 0 Å². The lowest BCUT2D eigenvalue weighted by Crippen LogP contribution is -2.38. The number of aliphatic hydroxyl groups excluding tert-OH is 2. The quantitative estimate of drug-likeness (QED) is 0.0163. The molecule has 0 bridgehead atoms. The number of carbonyl (C=O) groups excluding carboxylic acids is 2. The van der Waals surface area contributed by atoms with Crippen molar-refractivity contribution < 1.29 is 104 Å². The molecule has 0 heterocycles. The van der Waals surface area contributed by atoms with E-state index >= 15 is 0 Å². The number of Topliss-reactive ketones (excluding diaryl/α,β-unsaturated/α-hetero) is 2. The number of halogens is 14. The number of thiol groups is 1. The second-order valence-corrected chi connectivity index (χ2v) is 41.2. The smallest absolute Gasteiger partial charge is 0.393 e. The minimum absolute atomic E-state index is 0. The maximum atomic E-state index is 13.5. The maximum absolute atomic E-state index is 13.5. The van der Waals surface area contributed by atoms with Gasteiger partial charge in [-0.1, -0.05) is 129 Å².